The number of nitrogens with zero attached hydrogens (tertiary/aromatic N) is 3. The fourth-order valence-electron chi connectivity index (χ4n) is 2.78. The van der Waals surface area contributed by atoms with E-state index in [0.717, 1.165) is 11.6 Å². The maximum atomic E-state index is 12.5. The minimum atomic E-state index is -0.257. The van der Waals surface area contributed by atoms with Crippen molar-refractivity contribution in [2.45, 2.75) is 44.0 Å². The second-order valence-corrected chi connectivity index (χ2v) is 8.38. The first kappa shape index (κ1) is 22.0. The molecule has 30 heavy (non-hydrogen) atoms. The summed E-state index contributed by atoms with van der Waals surface area (Å²) >= 11 is 6.91. The fraction of sp³-hybridized carbons (Fsp3) is 0.273. The maximum absolute atomic E-state index is 12.5. The Labute approximate surface area is 186 Å². The Morgan fingerprint density at radius 1 is 1.10 bits per heavy atom. The highest BCUT2D eigenvalue weighted by Gasteiger charge is 2.15. The van der Waals surface area contributed by atoms with E-state index in [1.165, 1.54) is 11.1 Å². The molecular weight excluding hydrogens is 414 g/mol. The molecule has 1 aromatic heterocycles. The standard InChI is InChI=1S/C22H25N5OS2/c1-4-19-24-25-22(30-14-16-8-6-5-7-9-16)27(19)26-21(29)23-20(28)18-12-10-17(11-13-18)15(2)3/h5-13,15H,4,14H2,1-3H3,(H2,23,26,28,29). The molecule has 2 N–H and O–H groups in total. The Kier molecular flexibility index (Phi) is 7.59. The molecule has 1 heterocycles. The number of hydrogen-bond acceptors (Lipinski definition) is 5. The van der Waals surface area contributed by atoms with Crippen molar-refractivity contribution in [3.8, 4) is 0 Å². The molecule has 0 aliphatic rings. The molecule has 0 radical (unpaired) electrons. The summed E-state index contributed by atoms with van der Waals surface area (Å²) in [7, 11) is 0. The van der Waals surface area contributed by atoms with Crippen LogP contribution in [-0.4, -0.2) is 25.9 Å². The van der Waals surface area contributed by atoms with Gasteiger partial charge >= 0.3 is 0 Å². The third kappa shape index (κ3) is 5.67. The monoisotopic (exact) mass is 439 g/mol. The molecule has 0 saturated heterocycles. The highest BCUT2D eigenvalue weighted by Crippen LogP contribution is 2.21. The number of rotatable bonds is 7. The summed E-state index contributed by atoms with van der Waals surface area (Å²) in [6.07, 6.45) is 0.680. The van der Waals surface area contributed by atoms with Crippen molar-refractivity contribution in [2.24, 2.45) is 0 Å². The van der Waals surface area contributed by atoms with E-state index < -0.39 is 0 Å². The molecule has 1 amide bonds. The number of amides is 1. The molecular formula is C22H25N5OS2. The van der Waals surface area contributed by atoms with Crippen molar-refractivity contribution in [3.05, 3.63) is 77.1 Å². The molecule has 0 unspecified atom stereocenters. The lowest BCUT2D eigenvalue weighted by molar-refractivity contribution is 0.0977. The summed E-state index contributed by atoms with van der Waals surface area (Å²) in [5.41, 5.74) is 5.98. The van der Waals surface area contributed by atoms with Crippen molar-refractivity contribution in [3.63, 3.8) is 0 Å². The lowest BCUT2D eigenvalue weighted by Crippen LogP contribution is -2.38. The lowest BCUT2D eigenvalue weighted by Gasteiger charge is -2.14. The third-order valence-electron chi connectivity index (χ3n) is 4.51. The number of thiocarbonyl (C=S) groups is 1. The summed E-state index contributed by atoms with van der Waals surface area (Å²) in [6, 6.07) is 17.7. The zero-order chi connectivity index (χ0) is 21.5. The van der Waals surface area contributed by atoms with Gasteiger partial charge in [-0.05, 0) is 41.4 Å². The van der Waals surface area contributed by atoms with Gasteiger partial charge in [0.25, 0.3) is 5.91 Å². The number of thioether (sulfide) groups is 1. The SMILES string of the molecule is CCc1nnc(SCc2ccccc2)n1NC(=S)NC(=O)c1ccc(C(C)C)cc1. The fourth-order valence-corrected chi connectivity index (χ4v) is 3.83. The number of carbonyl (C=O) groups excluding carboxylic acids is 1. The smallest absolute Gasteiger partial charge is 0.257 e. The van der Waals surface area contributed by atoms with Crippen LogP contribution in [0.3, 0.4) is 0 Å². The molecule has 0 saturated carbocycles. The van der Waals surface area contributed by atoms with Crippen LogP contribution in [0.4, 0.5) is 0 Å². The number of aryl methyl sites for hydroxylation is 1. The summed E-state index contributed by atoms with van der Waals surface area (Å²) in [5, 5.41) is 12.1. The number of nitrogens with one attached hydrogen (secondary N) is 2. The summed E-state index contributed by atoms with van der Waals surface area (Å²) < 4.78 is 1.73. The minimum absolute atomic E-state index is 0.198. The van der Waals surface area contributed by atoms with Gasteiger partial charge in [0.2, 0.25) is 5.16 Å². The van der Waals surface area contributed by atoms with Crippen molar-refractivity contribution >= 4 is 35.0 Å². The van der Waals surface area contributed by atoms with Crippen molar-refractivity contribution in [1.29, 1.82) is 0 Å². The highest BCUT2D eigenvalue weighted by atomic mass is 32.2. The van der Waals surface area contributed by atoms with E-state index in [1.807, 2.05) is 49.4 Å². The van der Waals surface area contributed by atoms with E-state index in [1.54, 1.807) is 16.4 Å². The Bertz CT molecular complexity index is 1000. The molecule has 0 aliphatic carbocycles. The molecule has 8 heteroatoms. The van der Waals surface area contributed by atoms with Gasteiger partial charge in [-0.2, -0.15) is 0 Å². The molecule has 6 nitrogen and oxygen atoms in total. The van der Waals surface area contributed by atoms with Gasteiger partial charge in [-0.15, -0.1) is 10.2 Å². The molecule has 0 aliphatic heterocycles. The van der Waals surface area contributed by atoms with Crippen molar-refractivity contribution < 1.29 is 4.79 Å². The second kappa shape index (κ2) is 10.4. The van der Waals surface area contributed by atoms with Gasteiger partial charge in [0.1, 0.15) is 0 Å². The third-order valence-corrected chi connectivity index (χ3v) is 5.70. The van der Waals surface area contributed by atoms with Crippen LogP contribution in [0, 0.1) is 0 Å². The number of aromatic nitrogens is 3. The van der Waals surface area contributed by atoms with Crippen LogP contribution < -0.4 is 10.7 Å². The van der Waals surface area contributed by atoms with E-state index >= 15 is 0 Å². The minimum Gasteiger partial charge on any atom is -0.298 e. The predicted molar refractivity (Wildman–Crippen MR) is 125 cm³/mol. The molecule has 3 aromatic rings. The van der Waals surface area contributed by atoms with Crippen LogP contribution in [0.1, 0.15) is 54.0 Å². The number of hydrogen-bond donors (Lipinski definition) is 2. The van der Waals surface area contributed by atoms with E-state index in [0.29, 0.717) is 23.1 Å². The van der Waals surface area contributed by atoms with Crippen LogP contribution in [-0.2, 0) is 12.2 Å². The first-order valence-corrected chi connectivity index (χ1v) is 11.2. The van der Waals surface area contributed by atoms with E-state index in [2.05, 4.69) is 46.9 Å². The van der Waals surface area contributed by atoms with Crippen molar-refractivity contribution in [2.75, 3.05) is 5.43 Å². The largest absolute Gasteiger partial charge is 0.298 e. The number of benzene rings is 2. The Morgan fingerprint density at radius 2 is 1.80 bits per heavy atom. The predicted octanol–water partition coefficient (Wildman–Crippen LogP) is 4.51. The van der Waals surface area contributed by atoms with Crippen LogP contribution in [0.5, 0.6) is 0 Å². The molecule has 0 atom stereocenters. The van der Waals surface area contributed by atoms with Gasteiger partial charge < -0.3 is 0 Å². The molecule has 0 fully saturated rings. The van der Waals surface area contributed by atoms with E-state index in [4.69, 9.17) is 12.2 Å². The van der Waals surface area contributed by atoms with Crippen LogP contribution >= 0.6 is 24.0 Å². The van der Waals surface area contributed by atoms with E-state index in [9.17, 15) is 4.79 Å². The van der Waals surface area contributed by atoms with Gasteiger partial charge in [0, 0.05) is 17.7 Å². The summed E-state index contributed by atoms with van der Waals surface area (Å²) in [5.74, 6) is 1.65. The first-order chi connectivity index (χ1) is 14.5. The Balaban J connectivity index is 1.65. The van der Waals surface area contributed by atoms with Gasteiger partial charge in [-0.3, -0.25) is 15.5 Å². The Hall–Kier alpha value is -2.71. The van der Waals surface area contributed by atoms with Gasteiger partial charge in [-0.25, -0.2) is 4.68 Å². The molecule has 2 aromatic carbocycles. The topological polar surface area (TPSA) is 71.8 Å². The number of carbonyl (C=O) groups is 1. The average Bonchev–Trinajstić information content (AvgIpc) is 3.14. The lowest BCUT2D eigenvalue weighted by atomic mass is 10.0. The zero-order valence-electron chi connectivity index (χ0n) is 17.3. The molecule has 3 rings (SSSR count). The van der Waals surface area contributed by atoms with Gasteiger partial charge in [-0.1, -0.05) is 75.0 Å². The molecule has 0 bridgehead atoms. The second-order valence-electron chi connectivity index (χ2n) is 7.03. The van der Waals surface area contributed by atoms with Gasteiger partial charge in [0.05, 0.1) is 0 Å². The normalized spacial score (nSPS) is 10.8. The summed E-state index contributed by atoms with van der Waals surface area (Å²) in [4.78, 5) is 12.5. The van der Waals surface area contributed by atoms with Crippen LogP contribution in [0.15, 0.2) is 59.8 Å². The summed E-state index contributed by atoms with van der Waals surface area (Å²) in [6.45, 7) is 6.23. The molecule has 0 spiro atoms. The van der Waals surface area contributed by atoms with Gasteiger partial charge in [0.15, 0.2) is 10.9 Å². The quantitative estimate of drug-likeness (QED) is 0.417. The van der Waals surface area contributed by atoms with Crippen molar-refractivity contribution in [1.82, 2.24) is 20.2 Å². The van der Waals surface area contributed by atoms with Crippen LogP contribution in [0.25, 0.3) is 0 Å². The Morgan fingerprint density at radius 3 is 2.43 bits per heavy atom. The molecule has 156 valence electrons. The van der Waals surface area contributed by atoms with Crippen LogP contribution in [0.2, 0.25) is 0 Å². The maximum Gasteiger partial charge on any atom is 0.257 e. The van der Waals surface area contributed by atoms with E-state index in [-0.39, 0.29) is 11.0 Å². The zero-order valence-corrected chi connectivity index (χ0v) is 18.9. The highest BCUT2D eigenvalue weighted by molar-refractivity contribution is 7.98. The first-order valence-electron chi connectivity index (χ1n) is 9.81. The average molecular weight is 440 g/mol.